The molecule has 0 bridgehead atoms. The van der Waals surface area contributed by atoms with Gasteiger partial charge in [-0.3, -0.25) is 14.9 Å². The van der Waals surface area contributed by atoms with Crippen molar-refractivity contribution in [3.05, 3.63) is 94.8 Å². The van der Waals surface area contributed by atoms with E-state index in [1.807, 2.05) is 19.1 Å². The first-order chi connectivity index (χ1) is 16.9. The zero-order valence-electron chi connectivity index (χ0n) is 19.2. The second-order valence-corrected chi connectivity index (χ2v) is 7.81. The molecule has 1 fully saturated rings. The van der Waals surface area contributed by atoms with Crippen LogP contribution >= 0.6 is 0 Å². The van der Waals surface area contributed by atoms with Gasteiger partial charge in [-0.15, -0.1) is 0 Å². The molecule has 1 saturated heterocycles. The molecule has 7 nitrogen and oxygen atoms in total. The third-order valence-corrected chi connectivity index (χ3v) is 5.49. The summed E-state index contributed by atoms with van der Waals surface area (Å²) in [5.41, 5.74) is 2.37. The maximum atomic E-state index is 13.4. The molecule has 1 aliphatic rings. The molecule has 1 heterocycles. The summed E-state index contributed by atoms with van der Waals surface area (Å²) < 4.78 is 24.5. The van der Waals surface area contributed by atoms with Gasteiger partial charge >= 0.3 is 6.03 Å². The van der Waals surface area contributed by atoms with E-state index in [1.165, 1.54) is 25.3 Å². The molecule has 178 valence electrons. The Kier molecular flexibility index (Phi) is 6.91. The van der Waals surface area contributed by atoms with E-state index in [9.17, 15) is 18.8 Å². The summed E-state index contributed by atoms with van der Waals surface area (Å²) in [5, 5.41) is 2.21. The summed E-state index contributed by atoms with van der Waals surface area (Å²) in [7, 11) is 1.46. The molecule has 0 aliphatic carbocycles. The maximum Gasteiger partial charge on any atom is 0.335 e. The average Bonchev–Trinajstić information content (AvgIpc) is 2.86. The van der Waals surface area contributed by atoms with Crippen LogP contribution in [0.1, 0.15) is 23.6 Å². The van der Waals surface area contributed by atoms with E-state index in [0.717, 1.165) is 16.9 Å². The number of carbonyl (C=O) groups is 3. The zero-order chi connectivity index (χ0) is 24.9. The number of methoxy groups -OCH3 is 1. The molecule has 0 radical (unpaired) electrons. The summed E-state index contributed by atoms with van der Waals surface area (Å²) in [6.07, 6.45) is 2.20. The number of carbonyl (C=O) groups excluding carboxylic acids is 3. The number of nitrogens with zero attached hydrogens (tertiary/aromatic N) is 1. The fraction of sp³-hybridized carbons (Fsp3) is 0.148. The zero-order valence-corrected chi connectivity index (χ0v) is 19.2. The van der Waals surface area contributed by atoms with E-state index >= 15 is 0 Å². The predicted molar refractivity (Wildman–Crippen MR) is 129 cm³/mol. The number of benzene rings is 3. The fourth-order valence-electron chi connectivity index (χ4n) is 3.62. The number of urea groups is 1. The van der Waals surface area contributed by atoms with Crippen molar-refractivity contribution in [2.45, 2.75) is 20.0 Å². The molecule has 0 unspecified atom stereocenters. The highest BCUT2D eigenvalue weighted by Crippen LogP contribution is 2.30. The number of imide groups is 2. The normalized spacial score (nSPS) is 14.8. The first-order valence-electron chi connectivity index (χ1n) is 10.9. The van der Waals surface area contributed by atoms with Crippen LogP contribution in [0.3, 0.4) is 0 Å². The number of rotatable bonds is 7. The predicted octanol–water partition coefficient (Wildman–Crippen LogP) is 4.64. The maximum absolute atomic E-state index is 13.4. The van der Waals surface area contributed by atoms with E-state index in [2.05, 4.69) is 5.32 Å². The molecule has 4 amide bonds. The van der Waals surface area contributed by atoms with Crippen LogP contribution in [-0.2, 0) is 22.6 Å². The largest absolute Gasteiger partial charge is 0.493 e. The number of ether oxygens (including phenoxy) is 2. The monoisotopic (exact) mass is 474 g/mol. The first-order valence-corrected chi connectivity index (χ1v) is 10.9. The summed E-state index contributed by atoms with van der Waals surface area (Å²) in [6, 6.07) is 17.1. The number of amides is 4. The molecule has 3 aromatic rings. The van der Waals surface area contributed by atoms with Crippen molar-refractivity contribution in [2.75, 3.05) is 12.0 Å². The number of hydrogen-bond acceptors (Lipinski definition) is 5. The lowest BCUT2D eigenvalue weighted by molar-refractivity contribution is -0.122. The van der Waals surface area contributed by atoms with Crippen LogP contribution in [0.2, 0.25) is 0 Å². The van der Waals surface area contributed by atoms with Gasteiger partial charge in [-0.2, -0.15) is 0 Å². The van der Waals surface area contributed by atoms with E-state index < -0.39 is 17.8 Å². The van der Waals surface area contributed by atoms with E-state index in [0.29, 0.717) is 28.3 Å². The number of aryl methyl sites for hydroxylation is 1. The van der Waals surface area contributed by atoms with E-state index in [4.69, 9.17) is 9.47 Å². The summed E-state index contributed by atoms with van der Waals surface area (Å²) >= 11 is 0. The Morgan fingerprint density at radius 3 is 2.40 bits per heavy atom. The molecular formula is C27H23FN2O5. The molecule has 1 aliphatic heterocycles. The van der Waals surface area contributed by atoms with Gasteiger partial charge in [-0.05, 0) is 65.6 Å². The van der Waals surface area contributed by atoms with Crippen LogP contribution in [-0.4, -0.2) is 25.0 Å². The van der Waals surface area contributed by atoms with Gasteiger partial charge in [0.05, 0.1) is 12.8 Å². The smallest absolute Gasteiger partial charge is 0.335 e. The fourth-order valence-corrected chi connectivity index (χ4v) is 3.62. The van der Waals surface area contributed by atoms with Gasteiger partial charge in [0.15, 0.2) is 11.5 Å². The molecular weight excluding hydrogens is 451 g/mol. The van der Waals surface area contributed by atoms with Crippen molar-refractivity contribution >= 4 is 29.6 Å². The first kappa shape index (κ1) is 23.7. The minimum atomic E-state index is -0.805. The Balaban J connectivity index is 1.58. The average molecular weight is 474 g/mol. The van der Waals surface area contributed by atoms with Gasteiger partial charge < -0.3 is 9.47 Å². The van der Waals surface area contributed by atoms with Crippen molar-refractivity contribution in [1.82, 2.24) is 5.32 Å². The molecule has 1 N–H and O–H groups in total. The number of halogens is 1. The van der Waals surface area contributed by atoms with Crippen LogP contribution in [0.4, 0.5) is 14.9 Å². The molecule has 8 heteroatoms. The van der Waals surface area contributed by atoms with E-state index in [-0.39, 0.29) is 18.0 Å². The number of nitrogens with one attached hydrogen (secondary N) is 1. The lowest BCUT2D eigenvalue weighted by atomic mass is 10.1. The van der Waals surface area contributed by atoms with Crippen LogP contribution in [0, 0.1) is 5.82 Å². The number of anilines is 1. The standard InChI is InChI=1S/C27H23FN2O5/c1-3-17-7-10-21(11-8-17)30-26(32)22(25(31)29-27(30)33)14-18-9-12-23(24(15-18)34-2)35-16-19-5-4-6-20(28)13-19/h4-15H,3,16H2,1-2H3,(H,29,31,33)/b22-14-. The third-order valence-electron chi connectivity index (χ3n) is 5.49. The summed E-state index contributed by atoms with van der Waals surface area (Å²) in [4.78, 5) is 38.9. The molecule has 4 rings (SSSR count). The summed E-state index contributed by atoms with van der Waals surface area (Å²) in [5.74, 6) is -1.10. The summed E-state index contributed by atoms with van der Waals surface area (Å²) in [6.45, 7) is 2.13. The number of barbiturate groups is 1. The molecule has 3 aromatic carbocycles. The van der Waals surface area contributed by atoms with Gasteiger partial charge in [0.2, 0.25) is 0 Å². The Bertz CT molecular complexity index is 1320. The second-order valence-electron chi connectivity index (χ2n) is 7.81. The van der Waals surface area contributed by atoms with Crippen LogP contribution in [0.15, 0.2) is 72.3 Å². The highest BCUT2D eigenvalue weighted by Gasteiger charge is 2.36. The van der Waals surface area contributed by atoms with Crippen molar-refractivity contribution in [3.63, 3.8) is 0 Å². The van der Waals surface area contributed by atoms with Crippen molar-refractivity contribution in [3.8, 4) is 11.5 Å². The molecule has 0 spiro atoms. The minimum absolute atomic E-state index is 0.128. The van der Waals surface area contributed by atoms with Crippen LogP contribution in [0.25, 0.3) is 6.08 Å². The second kappa shape index (κ2) is 10.2. The molecule has 0 aromatic heterocycles. The van der Waals surface area contributed by atoms with Gasteiger partial charge in [-0.1, -0.05) is 37.3 Å². The number of hydrogen-bond donors (Lipinski definition) is 1. The molecule has 0 saturated carbocycles. The highest BCUT2D eigenvalue weighted by atomic mass is 19.1. The Labute approximate surface area is 201 Å². The van der Waals surface area contributed by atoms with Gasteiger partial charge in [0, 0.05) is 0 Å². The topological polar surface area (TPSA) is 84.9 Å². The van der Waals surface area contributed by atoms with Crippen molar-refractivity contribution in [2.24, 2.45) is 0 Å². The van der Waals surface area contributed by atoms with E-state index in [1.54, 1.807) is 42.5 Å². The van der Waals surface area contributed by atoms with Crippen LogP contribution < -0.4 is 19.7 Å². The molecule has 35 heavy (non-hydrogen) atoms. The van der Waals surface area contributed by atoms with Gasteiger partial charge in [0.1, 0.15) is 18.0 Å². The van der Waals surface area contributed by atoms with Gasteiger partial charge in [0.25, 0.3) is 11.8 Å². The Morgan fingerprint density at radius 1 is 0.943 bits per heavy atom. The Hall–Kier alpha value is -4.46. The third kappa shape index (κ3) is 5.22. The van der Waals surface area contributed by atoms with Crippen LogP contribution in [0.5, 0.6) is 11.5 Å². The minimum Gasteiger partial charge on any atom is -0.493 e. The van der Waals surface area contributed by atoms with Crippen molar-refractivity contribution < 1.29 is 28.2 Å². The Morgan fingerprint density at radius 2 is 1.71 bits per heavy atom. The lowest BCUT2D eigenvalue weighted by Gasteiger charge is -2.26. The SMILES string of the molecule is CCc1ccc(N2C(=O)NC(=O)/C(=C/c3ccc(OCc4cccc(F)c4)c(OC)c3)C2=O)cc1. The van der Waals surface area contributed by atoms with Gasteiger partial charge in [-0.25, -0.2) is 14.1 Å². The molecule has 0 atom stereocenters. The highest BCUT2D eigenvalue weighted by molar-refractivity contribution is 6.39. The lowest BCUT2D eigenvalue weighted by Crippen LogP contribution is -2.54. The quantitative estimate of drug-likeness (QED) is 0.398. The van der Waals surface area contributed by atoms with Crippen molar-refractivity contribution in [1.29, 1.82) is 0 Å².